The molecule has 1 aliphatic rings. The normalized spacial score (nSPS) is 18.3. The van der Waals surface area contributed by atoms with E-state index >= 15 is 0 Å². The molecule has 6 nitrogen and oxygen atoms in total. The summed E-state index contributed by atoms with van der Waals surface area (Å²) in [5, 5.41) is 0. The number of sulfonamides is 1. The van der Waals surface area contributed by atoms with E-state index in [1.165, 1.54) is 7.11 Å². The number of methoxy groups -OCH3 is 1. The van der Waals surface area contributed by atoms with Gasteiger partial charge in [-0.2, -0.15) is 0 Å². The zero-order chi connectivity index (χ0) is 12.0. The minimum Gasteiger partial charge on any atom is -0.469 e. The lowest BCUT2D eigenvalue weighted by atomic mass is 10.3. The molecule has 0 aromatic heterocycles. The Bertz CT molecular complexity index is 321. The second-order valence-electron chi connectivity index (χ2n) is 3.56. The molecule has 1 rings (SSSR count). The van der Waals surface area contributed by atoms with Crippen LogP contribution < -0.4 is 0 Å². The van der Waals surface area contributed by atoms with Crippen molar-refractivity contribution in [2.24, 2.45) is 0 Å². The number of carbonyl (C=O) groups is 1. The molecule has 1 saturated heterocycles. The summed E-state index contributed by atoms with van der Waals surface area (Å²) in [7, 11) is -2.10. The lowest BCUT2D eigenvalue weighted by Gasteiger charge is -2.25. The van der Waals surface area contributed by atoms with Crippen LogP contribution in [0.4, 0.5) is 0 Å². The molecule has 16 heavy (non-hydrogen) atoms. The van der Waals surface area contributed by atoms with Gasteiger partial charge in [-0.3, -0.25) is 9.63 Å². The van der Waals surface area contributed by atoms with Crippen molar-refractivity contribution < 1.29 is 22.8 Å². The minimum absolute atomic E-state index is 0.0813. The van der Waals surface area contributed by atoms with E-state index in [1.807, 2.05) is 0 Å². The average molecular weight is 251 g/mol. The molecule has 0 aromatic carbocycles. The highest BCUT2D eigenvalue weighted by Gasteiger charge is 2.24. The van der Waals surface area contributed by atoms with E-state index < -0.39 is 16.0 Å². The number of rotatable bonds is 5. The molecule has 94 valence electrons. The predicted octanol–water partition coefficient (Wildman–Crippen LogP) is 0.297. The van der Waals surface area contributed by atoms with Crippen LogP contribution in [0.1, 0.15) is 25.7 Å². The molecule has 0 unspecified atom stereocenters. The van der Waals surface area contributed by atoms with Crippen molar-refractivity contribution in [1.29, 1.82) is 0 Å². The van der Waals surface area contributed by atoms with Crippen LogP contribution in [0.25, 0.3) is 0 Å². The quantitative estimate of drug-likeness (QED) is 0.657. The molecule has 1 fully saturated rings. The first-order chi connectivity index (χ1) is 7.56. The zero-order valence-corrected chi connectivity index (χ0v) is 10.2. The number of ether oxygens (including phenoxy) is 1. The predicted molar refractivity (Wildman–Crippen MR) is 56.9 cm³/mol. The standard InChI is InChI=1S/C9H17NO5S/c1-14-9(11)5-4-8-16(12,13)10-6-2-3-7-15-10/h2-8H2,1H3. The molecule has 0 atom stereocenters. The maximum Gasteiger partial charge on any atom is 0.305 e. The van der Waals surface area contributed by atoms with Crippen molar-refractivity contribution >= 4 is 16.0 Å². The van der Waals surface area contributed by atoms with E-state index in [0.717, 1.165) is 17.3 Å². The molecule has 0 radical (unpaired) electrons. The number of hydroxylamine groups is 1. The SMILES string of the molecule is COC(=O)CCCS(=O)(=O)N1CCCCO1. The van der Waals surface area contributed by atoms with Crippen LogP contribution >= 0.6 is 0 Å². The van der Waals surface area contributed by atoms with Gasteiger partial charge in [0.1, 0.15) is 0 Å². The van der Waals surface area contributed by atoms with Crippen LogP contribution in [0.15, 0.2) is 0 Å². The van der Waals surface area contributed by atoms with Crippen molar-refractivity contribution in [2.75, 3.05) is 26.0 Å². The molecular formula is C9H17NO5S. The molecule has 0 spiro atoms. The summed E-state index contributed by atoms with van der Waals surface area (Å²) in [6, 6.07) is 0. The molecule has 1 heterocycles. The van der Waals surface area contributed by atoms with E-state index in [-0.39, 0.29) is 18.6 Å². The number of esters is 1. The summed E-state index contributed by atoms with van der Waals surface area (Å²) in [5.41, 5.74) is 0. The van der Waals surface area contributed by atoms with Crippen LogP contribution in [-0.4, -0.2) is 44.9 Å². The van der Waals surface area contributed by atoms with Crippen LogP contribution in [0.5, 0.6) is 0 Å². The second kappa shape index (κ2) is 6.17. The van der Waals surface area contributed by atoms with E-state index in [0.29, 0.717) is 13.2 Å². The Balaban J connectivity index is 2.36. The van der Waals surface area contributed by atoms with Gasteiger partial charge in [-0.15, -0.1) is 0 Å². The van der Waals surface area contributed by atoms with Crippen molar-refractivity contribution in [1.82, 2.24) is 4.47 Å². The molecule has 1 aliphatic heterocycles. The fraction of sp³-hybridized carbons (Fsp3) is 0.889. The average Bonchev–Trinajstić information content (AvgIpc) is 2.30. The fourth-order valence-electron chi connectivity index (χ4n) is 1.40. The second-order valence-corrected chi connectivity index (χ2v) is 5.54. The van der Waals surface area contributed by atoms with Crippen LogP contribution in [-0.2, 0) is 24.4 Å². The third-order valence-electron chi connectivity index (χ3n) is 2.29. The minimum atomic E-state index is -3.38. The van der Waals surface area contributed by atoms with Crippen molar-refractivity contribution in [3.63, 3.8) is 0 Å². The summed E-state index contributed by atoms with van der Waals surface area (Å²) in [4.78, 5) is 15.9. The number of nitrogens with zero attached hydrogens (tertiary/aromatic N) is 1. The van der Waals surface area contributed by atoms with Gasteiger partial charge in [0.25, 0.3) is 0 Å². The molecule has 0 aromatic rings. The summed E-state index contributed by atoms with van der Waals surface area (Å²) >= 11 is 0. The summed E-state index contributed by atoms with van der Waals surface area (Å²) < 4.78 is 28.9. The van der Waals surface area contributed by atoms with Gasteiger partial charge in [-0.05, 0) is 19.3 Å². The first-order valence-electron chi connectivity index (χ1n) is 5.26. The van der Waals surface area contributed by atoms with Gasteiger partial charge in [-0.1, -0.05) is 4.47 Å². The highest BCUT2D eigenvalue weighted by atomic mass is 32.2. The Morgan fingerprint density at radius 1 is 1.44 bits per heavy atom. The molecule has 0 aliphatic carbocycles. The molecule has 0 N–H and O–H groups in total. The van der Waals surface area contributed by atoms with Crippen molar-refractivity contribution in [2.45, 2.75) is 25.7 Å². The first kappa shape index (κ1) is 13.4. The summed E-state index contributed by atoms with van der Waals surface area (Å²) in [6.07, 6.45) is 2.07. The molecular weight excluding hydrogens is 234 g/mol. The van der Waals surface area contributed by atoms with Gasteiger partial charge in [0, 0.05) is 13.0 Å². The molecule has 0 bridgehead atoms. The lowest BCUT2D eigenvalue weighted by molar-refractivity contribution is -0.140. The van der Waals surface area contributed by atoms with Crippen LogP contribution in [0.3, 0.4) is 0 Å². The maximum atomic E-state index is 11.7. The van der Waals surface area contributed by atoms with E-state index in [1.54, 1.807) is 0 Å². The largest absolute Gasteiger partial charge is 0.469 e. The van der Waals surface area contributed by atoms with Gasteiger partial charge in [0.15, 0.2) is 0 Å². The third kappa shape index (κ3) is 4.07. The molecule has 0 amide bonds. The number of hydrogen-bond donors (Lipinski definition) is 0. The monoisotopic (exact) mass is 251 g/mol. The fourth-order valence-corrected chi connectivity index (χ4v) is 2.75. The molecule has 7 heteroatoms. The Labute approximate surface area is 95.5 Å². The van der Waals surface area contributed by atoms with E-state index in [9.17, 15) is 13.2 Å². The Kier molecular flexibility index (Phi) is 5.17. The van der Waals surface area contributed by atoms with Crippen molar-refractivity contribution in [3.05, 3.63) is 0 Å². The van der Waals surface area contributed by atoms with Gasteiger partial charge >= 0.3 is 5.97 Å². The van der Waals surface area contributed by atoms with E-state index in [4.69, 9.17) is 4.84 Å². The number of hydrogen-bond acceptors (Lipinski definition) is 5. The van der Waals surface area contributed by atoms with Gasteiger partial charge in [0.05, 0.1) is 19.5 Å². The topological polar surface area (TPSA) is 72.9 Å². The third-order valence-corrected chi connectivity index (χ3v) is 4.00. The Morgan fingerprint density at radius 3 is 2.75 bits per heavy atom. The van der Waals surface area contributed by atoms with E-state index in [2.05, 4.69) is 4.74 Å². The van der Waals surface area contributed by atoms with Gasteiger partial charge in [0.2, 0.25) is 10.0 Å². The highest BCUT2D eigenvalue weighted by Crippen LogP contribution is 2.12. The summed E-state index contributed by atoms with van der Waals surface area (Å²) in [5.74, 6) is -0.475. The van der Waals surface area contributed by atoms with Crippen LogP contribution in [0, 0.1) is 0 Å². The lowest BCUT2D eigenvalue weighted by Crippen LogP contribution is -2.37. The maximum absolute atomic E-state index is 11.7. The van der Waals surface area contributed by atoms with Gasteiger partial charge in [-0.25, -0.2) is 8.42 Å². The smallest absolute Gasteiger partial charge is 0.305 e. The Hall–Kier alpha value is -0.660. The highest BCUT2D eigenvalue weighted by molar-refractivity contribution is 7.88. The first-order valence-corrected chi connectivity index (χ1v) is 6.87. The van der Waals surface area contributed by atoms with Crippen LogP contribution in [0.2, 0.25) is 0 Å². The van der Waals surface area contributed by atoms with Crippen molar-refractivity contribution in [3.8, 4) is 0 Å². The number of carbonyl (C=O) groups excluding carboxylic acids is 1. The molecule has 0 saturated carbocycles. The van der Waals surface area contributed by atoms with Gasteiger partial charge < -0.3 is 4.74 Å². The zero-order valence-electron chi connectivity index (χ0n) is 9.35. The summed E-state index contributed by atoms with van der Waals surface area (Å²) in [6.45, 7) is 0.844. The Morgan fingerprint density at radius 2 is 2.19 bits per heavy atom.